The average molecular weight is 792 g/mol. The van der Waals surface area contributed by atoms with Gasteiger partial charge in [-0.3, -0.25) is 4.98 Å². The minimum absolute atomic E-state index is 0.614. The Labute approximate surface area is 362 Å². The lowest BCUT2D eigenvalue weighted by molar-refractivity contribution is 0.769. The molecule has 2 heterocycles. The first-order valence-corrected chi connectivity index (χ1v) is 21.2. The fourth-order valence-corrected chi connectivity index (χ4v) is 9.42. The summed E-state index contributed by atoms with van der Waals surface area (Å²) in [5.41, 5.74) is 19.3. The van der Waals surface area contributed by atoms with E-state index in [1.54, 1.807) is 0 Å². The van der Waals surface area contributed by atoms with Gasteiger partial charge in [0.2, 0.25) is 0 Å². The van der Waals surface area contributed by atoms with E-state index in [1.807, 2.05) is 18.3 Å². The van der Waals surface area contributed by atoms with Crippen LogP contribution in [0.2, 0.25) is 0 Å². The standard InChI is InChI=1S/C59H41N3/c1-40-33-34-60-54(35-40)46-23-14-22-44(36-46)45-31-32-50-53(38-45)59(48-25-10-4-11-26-48,49-27-12-5-13-28-49)52-30-16-29-51(57(50)52)56-39-55(42-19-8-3-9-20-42)61-58(62-56)47-24-15-21-43(37-47)41-17-6-2-7-18-41/h2-39H,1H3. The molecule has 1 aliphatic carbocycles. The lowest BCUT2D eigenvalue weighted by Gasteiger charge is -2.34. The first-order chi connectivity index (χ1) is 30.6. The first kappa shape index (κ1) is 37.0. The Hall–Kier alpha value is -8.01. The molecule has 0 fully saturated rings. The lowest BCUT2D eigenvalue weighted by atomic mass is 9.67. The number of aromatic nitrogens is 3. The second kappa shape index (κ2) is 15.5. The third kappa shape index (κ3) is 6.43. The number of hydrogen-bond donors (Lipinski definition) is 0. The van der Waals surface area contributed by atoms with E-state index in [9.17, 15) is 0 Å². The van der Waals surface area contributed by atoms with E-state index < -0.39 is 5.41 Å². The monoisotopic (exact) mass is 791 g/mol. The predicted octanol–water partition coefficient (Wildman–Crippen LogP) is 14.5. The Kier molecular flexibility index (Phi) is 9.28. The van der Waals surface area contributed by atoms with Gasteiger partial charge in [0.1, 0.15) is 0 Å². The SMILES string of the molecule is Cc1ccnc(-c2cccc(-c3ccc4c(c3)C(c3ccccc3)(c3ccccc3)c3cccc(-c5cc(-c6ccccc6)nc(-c6cccc(-c7ccccc7)c6)n5)c3-4)c2)c1. The molecule has 62 heavy (non-hydrogen) atoms. The van der Waals surface area contributed by atoms with Gasteiger partial charge in [-0.1, -0.05) is 188 Å². The van der Waals surface area contributed by atoms with Crippen molar-refractivity contribution in [2.75, 3.05) is 0 Å². The summed E-state index contributed by atoms with van der Waals surface area (Å²) in [4.78, 5) is 15.5. The van der Waals surface area contributed by atoms with Crippen LogP contribution in [-0.4, -0.2) is 15.0 Å². The molecule has 3 heteroatoms. The van der Waals surface area contributed by atoms with Gasteiger partial charge in [0, 0.05) is 28.5 Å². The van der Waals surface area contributed by atoms with Crippen LogP contribution in [0.5, 0.6) is 0 Å². The minimum Gasteiger partial charge on any atom is -0.256 e. The highest BCUT2D eigenvalue weighted by Gasteiger charge is 2.47. The molecule has 2 aromatic heterocycles. The van der Waals surface area contributed by atoms with E-state index in [0.717, 1.165) is 61.6 Å². The molecule has 0 bridgehead atoms. The van der Waals surface area contributed by atoms with Crippen molar-refractivity contribution in [3.05, 3.63) is 258 Å². The molecule has 1 aliphatic rings. The summed E-state index contributed by atoms with van der Waals surface area (Å²) in [5, 5.41) is 0. The summed E-state index contributed by atoms with van der Waals surface area (Å²) in [6, 6.07) is 80.5. The van der Waals surface area contributed by atoms with Crippen LogP contribution in [0.3, 0.4) is 0 Å². The van der Waals surface area contributed by atoms with Crippen molar-refractivity contribution in [1.82, 2.24) is 15.0 Å². The van der Waals surface area contributed by atoms with Crippen LogP contribution >= 0.6 is 0 Å². The molecule has 8 aromatic carbocycles. The van der Waals surface area contributed by atoms with Gasteiger partial charge in [-0.2, -0.15) is 0 Å². The van der Waals surface area contributed by atoms with Gasteiger partial charge in [0.05, 0.1) is 22.5 Å². The van der Waals surface area contributed by atoms with Gasteiger partial charge in [-0.25, -0.2) is 9.97 Å². The van der Waals surface area contributed by atoms with Crippen molar-refractivity contribution in [3.8, 4) is 78.5 Å². The van der Waals surface area contributed by atoms with Crippen LogP contribution in [0.15, 0.2) is 231 Å². The van der Waals surface area contributed by atoms with E-state index in [-0.39, 0.29) is 0 Å². The molecule has 0 amide bonds. The third-order valence-electron chi connectivity index (χ3n) is 12.3. The maximum absolute atomic E-state index is 5.47. The molecular formula is C59H41N3. The number of pyridine rings is 1. The molecule has 0 unspecified atom stereocenters. The summed E-state index contributed by atoms with van der Waals surface area (Å²) < 4.78 is 0. The molecule has 0 atom stereocenters. The fraction of sp³-hybridized carbons (Fsp3) is 0.0339. The summed E-state index contributed by atoms with van der Waals surface area (Å²) in [6.45, 7) is 2.11. The average Bonchev–Trinajstić information content (AvgIpc) is 3.65. The first-order valence-electron chi connectivity index (χ1n) is 21.2. The van der Waals surface area contributed by atoms with Crippen LogP contribution in [0.4, 0.5) is 0 Å². The van der Waals surface area contributed by atoms with E-state index in [2.05, 4.69) is 219 Å². The summed E-state index contributed by atoms with van der Waals surface area (Å²) in [5.74, 6) is 0.686. The number of hydrogen-bond acceptors (Lipinski definition) is 3. The molecule has 292 valence electrons. The maximum Gasteiger partial charge on any atom is 0.160 e. The largest absolute Gasteiger partial charge is 0.256 e. The Morgan fingerprint density at radius 1 is 0.339 bits per heavy atom. The van der Waals surface area contributed by atoms with Crippen molar-refractivity contribution in [3.63, 3.8) is 0 Å². The smallest absolute Gasteiger partial charge is 0.160 e. The van der Waals surface area contributed by atoms with Gasteiger partial charge >= 0.3 is 0 Å². The molecule has 0 radical (unpaired) electrons. The van der Waals surface area contributed by atoms with Crippen molar-refractivity contribution in [2.45, 2.75) is 12.3 Å². The highest BCUT2D eigenvalue weighted by atomic mass is 14.9. The van der Waals surface area contributed by atoms with Crippen molar-refractivity contribution in [2.24, 2.45) is 0 Å². The second-order valence-electron chi connectivity index (χ2n) is 16.0. The molecular weight excluding hydrogens is 751 g/mol. The summed E-state index contributed by atoms with van der Waals surface area (Å²) in [6.07, 6.45) is 1.89. The van der Waals surface area contributed by atoms with Gasteiger partial charge in [0.25, 0.3) is 0 Å². The van der Waals surface area contributed by atoms with E-state index in [1.165, 1.54) is 38.9 Å². The predicted molar refractivity (Wildman–Crippen MR) is 254 cm³/mol. The highest BCUT2D eigenvalue weighted by Crippen LogP contribution is 2.59. The van der Waals surface area contributed by atoms with Crippen molar-refractivity contribution < 1.29 is 0 Å². The number of aryl methyl sites for hydroxylation is 1. The highest BCUT2D eigenvalue weighted by molar-refractivity contribution is 5.96. The molecule has 3 nitrogen and oxygen atoms in total. The Morgan fingerprint density at radius 2 is 0.887 bits per heavy atom. The maximum atomic E-state index is 5.47. The van der Waals surface area contributed by atoms with Crippen LogP contribution in [0.25, 0.3) is 78.5 Å². The van der Waals surface area contributed by atoms with Gasteiger partial charge in [-0.05, 0) is 105 Å². The molecule has 0 saturated heterocycles. The third-order valence-corrected chi connectivity index (χ3v) is 12.3. The van der Waals surface area contributed by atoms with Crippen LogP contribution < -0.4 is 0 Å². The Bertz CT molecular complexity index is 3190. The van der Waals surface area contributed by atoms with Crippen LogP contribution in [0.1, 0.15) is 27.8 Å². The van der Waals surface area contributed by atoms with Crippen LogP contribution in [-0.2, 0) is 5.41 Å². The summed E-state index contributed by atoms with van der Waals surface area (Å²) in [7, 11) is 0. The summed E-state index contributed by atoms with van der Waals surface area (Å²) >= 11 is 0. The zero-order valence-corrected chi connectivity index (χ0v) is 34.3. The van der Waals surface area contributed by atoms with Crippen molar-refractivity contribution >= 4 is 0 Å². The number of benzene rings is 8. The lowest BCUT2D eigenvalue weighted by Crippen LogP contribution is -2.28. The molecule has 0 N–H and O–H groups in total. The van der Waals surface area contributed by atoms with Gasteiger partial charge in [-0.15, -0.1) is 0 Å². The quantitative estimate of drug-likeness (QED) is 0.154. The molecule has 0 aliphatic heterocycles. The normalized spacial score (nSPS) is 12.4. The molecule has 10 aromatic rings. The van der Waals surface area contributed by atoms with Crippen LogP contribution in [0, 0.1) is 6.92 Å². The zero-order chi connectivity index (χ0) is 41.5. The second-order valence-corrected chi connectivity index (χ2v) is 16.0. The number of nitrogens with zero attached hydrogens (tertiary/aromatic N) is 3. The van der Waals surface area contributed by atoms with E-state index >= 15 is 0 Å². The Balaban J connectivity index is 1.16. The minimum atomic E-state index is -0.614. The van der Waals surface area contributed by atoms with Crippen molar-refractivity contribution in [1.29, 1.82) is 0 Å². The zero-order valence-electron chi connectivity index (χ0n) is 34.3. The number of rotatable bonds is 8. The fourth-order valence-electron chi connectivity index (χ4n) is 9.42. The van der Waals surface area contributed by atoms with E-state index in [0.29, 0.717) is 5.82 Å². The number of fused-ring (bicyclic) bond motifs is 3. The molecule has 11 rings (SSSR count). The molecule has 0 saturated carbocycles. The van der Waals surface area contributed by atoms with Gasteiger partial charge < -0.3 is 0 Å². The Morgan fingerprint density at radius 3 is 1.58 bits per heavy atom. The van der Waals surface area contributed by atoms with Gasteiger partial charge in [0.15, 0.2) is 5.82 Å². The molecule has 0 spiro atoms. The van der Waals surface area contributed by atoms with E-state index in [4.69, 9.17) is 15.0 Å². The topological polar surface area (TPSA) is 38.7 Å².